The Hall–Kier alpha value is -2.35. The molecule has 1 spiro atoms. The van der Waals surface area contributed by atoms with Gasteiger partial charge in [0.05, 0.1) is 11.1 Å². The number of carbonyl (C=O) groups is 1. The zero-order valence-electron chi connectivity index (χ0n) is 16.5. The van der Waals surface area contributed by atoms with Gasteiger partial charge in [-0.25, -0.2) is 0 Å². The van der Waals surface area contributed by atoms with Gasteiger partial charge in [-0.1, -0.05) is 30.3 Å². The summed E-state index contributed by atoms with van der Waals surface area (Å²) in [6.45, 7) is 0.695. The molecule has 2 fully saturated rings. The smallest absolute Gasteiger partial charge is 0.309 e. The van der Waals surface area contributed by atoms with Gasteiger partial charge in [0.15, 0.2) is 0 Å². The summed E-state index contributed by atoms with van der Waals surface area (Å²) in [6, 6.07) is 10.7. The molecule has 166 valence electrons. The second-order valence-electron chi connectivity index (χ2n) is 8.43. The molecule has 2 aliphatic rings. The molecule has 3 atom stereocenters. The van der Waals surface area contributed by atoms with Crippen LogP contribution in [-0.2, 0) is 17.1 Å². The minimum absolute atomic E-state index is 0.0659. The number of hydrogen-bond donors (Lipinski definition) is 1. The molecule has 3 unspecified atom stereocenters. The van der Waals surface area contributed by atoms with Crippen molar-refractivity contribution in [1.29, 1.82) is 0 Å². The molecule has 0 bridgehead atoms. The first-order valence-electron chi connectivity index (χ1n) is 10.1. The van der Waals surface area contributed by atoms with Gasteiger partial charge in [-0.15, -0.1) is 0 Å². The largest absolute Gasteiger partial charge is 0.416 e. The van der Waals surface area contributed by atoms with E-state index in [0.717, 1.165) is 24.1 Å². The second-order valence-corrected chi connectivity index (χ2v) is 8.43. The molecule has 4 rings (SSSR count). The Balaban J connectivity index is 1.74. The monoisotopic (exact) mass is 441 g/mol. The van der Waals surface area contributed by atoms with Crippen molar-refractivity contribution in [3.63, 3.8) is 0 Å². The van der Waals surface area contributed by atoms with E-state index < -0.39 is 34.8 Å². The summed E-state index contributed by atoms with van der Waals surface area (Å²) in [7, 11) is 0. The number of piperidine rings is 1. The highest BCUT2D eigenvalue weighted by molar-refractivity contribution is 5.89. The van der Waals surface area contributed by atoms with Gasteiger partial charge in [0.25, 0.3) is 0 Å². The fourth-order valence-electron chi connectivity index (χ4n) is 5.10. The van der Waals surface area contributed by atoms with Crippen molar-refractivity contribution in [1.82, 2.24) is 5.32 Å². The summed E-state index contributed by atoms with van der Waals surface area (Å²) in [4.78, 5) is 13.2. The molecule has 1 aliphatic heterocycles. The quantitative estimate of drug-likeness (QED) is 0.556. The number of carbonyl (C=O) groups excluding carboxylic acids is 1. The Morgan fingerprint density at radius 2 is 1.48 bits per heavy atom. The summed E-state index contributed by atoms with van der Waals surface area (Å²) in [6.07, 6.45) is -8.39. The van der Waals surface area contributed by atoms with Crippen LogP contribution >= 0.6 is 0 Å². The van der Waals surface area contributed by atoms with Gasteiger partial charge in [0.1, 0.15) is 5.78 Å². The van der Waals surface area contributed by atoms with Crippen molar-refractivity contribution in [2.75, 3.05) is 6.54 Å². The molecule has 2 nitrogen and oxygen atoms in total. The van der Waals surface area contributed by atoms with Gasteiger partial charge in [-0.2, -0.15) is 26.3 Å². The van der Waals surface area contributed by atoms with Crippen LogP contribution in [-0.4, -0.2) is 12.3 Å². The lowest BCUT2D eigenvalue weighted by atomic mass is 9.69. The van der Waals surface area contributed by atoms with E-state index in [-0.39, 0.29) is 36.3 Å². The average molecular weight is 441 g/mol. The van der Waals surface area contributed by atoms with Crippen molar-refractivity contribution in [3.8, 4) is 0 Å². The van der Waals surface area contributed by atoms with Crippen LogP contribution in [0.5, 0.6) is 0 Å². The second kappa shape index (κ2) is 7.65. The SMILES string of the molecule is O=C1CC(c2cc(C(F)(F)F)cc(C(F)(F)F)c2)CC12CCCNC2c1ccccc1. The van der Waals surface area contributed by atoms with Gasteiger partial charge < -0.3 is 5.32 Å². The van der Waals surface area contributed by atoms with E-state index in [1.807, 2.05) is 30.3 Å². The fraction of sp³-hybridized carbons (Fsp3) is 0.435. The molecule has 0 radical (unpaired) electrons. The number of ketones is 1. The van der Waals surface area contributed by atoms with E-state index in [1.54, 1.807) is 0 Å². The van der Waals surface area contributed by atoms with E-state index in [9.17, 15) is 31.1 Å². The van der Waals surface area contributed by atoms with Crippen molar-refractivity contribution < 1.29 is 31.1 Å². The molecule has 1 saturated carbocycles. The third kappa shape index (κ3) is 4.10. The Morgan fingerprint density at radius 1 is 0.871 bits per heavy atom. The number of hydrogen-bond acceptors (Lipinski definition) is 2. The molecule has 31 heavy (non-hydrogen) atoms. The van der Waals surface area contributed by atoms with E-state index in [0.29, 0.717) is 13.0 Å². The van der Waals surface area contributed by atoms with E-state index in [4.69, 9.17) is 0 Å². The van der Waals surface area contributed by atoms with E-state index >= 15 is 0 Å². The van der Waals surface area contributed by atoms with Crippen LogP contribution in [0.4, 0.5) is 26.3 Å². The summed E-state index contributed by atoms with van der Waals surface area (Å²) in [5, 5.41) is 3.36. The number of Topliss-reactive ketones (excluding diaryl/α,β-unsaturated/α-hetero) is 1. The van der Waals surface area contributed by atoms with Gasteiger partial charge in [-0.05, 0) is 61.1 Å². The lowest BCUT2D eigenvalue weighted by molar-refractivity contribution is -0.143. The minimum atomic E-state index is -4.91. The highest BCUT2D eigenvalue weighted by Crippen LogP contribution is 2.55. The molecule has 1 aliphatic carbocycles. The maximum Gasteiger partial charge on any atom is 0.416 e. The van der Waals surface area contributed by atoms with E-state index in [2.05, 4.69) is 5.32 Å². The molecule has 1 saturated heterocycles. The highest BCUT2D eigenvalue weighted by atomic mass is 19.4. The van der Waals surface area contributed by atoms with E-state index in [1.165, 1.54) is 0 Å². The third-order valence-corrected chi connectivity index (χ3v) is 6.51. The minimum Gasteiger partial charge on any atom is -0.309 e. The fourth-order valence-corrected chi connectivity index (χ4v) is 5.10. The van der Waals surface area contributed by atoms with Crippen molar-refractivity contribution in [2.45, 2.75) is 50.0 Å². The average Bonchev–Trinajstić information content (AvgIpc) is 3.04. The Bertz CT molecular complexity index is 936. The van der Waals surface area contributed by atoms with Crippen molar-refractivity contribution in [2.24, 2.45) is 5.41 Å². The predicted octanol–water partition coefficient (Wildman–Crippen LogP) is 6.28. The maximum absolute atomic E-state index is 13.3. The number of halogens is 6. The number of benzene rings is 2. The first kappa shape index (κ1) is 21.9. The van der Waals surface area contributed by atoms with Gasteiger partial charge in [0.2, 0.25) is 0 Å². The zero-order valence-corrected chi connectivity index (χ0v) is 16.5. The normalized spacial score (nSPS) is 27.1. The number of nitrogens with one attached hydrogen (secondary N) is 1. The van der Waals surface area contributed by atoms with Gasteiger partial charge >= 0.3 is 12.4 Å². The Morgan fingerprint density at radius 3 is 2.06 bits per heavy atom. The summed E-state index contributed by atoms with van der Waals surface area (Å²) >= 11 is 0. The van der Waals surface area contributed by atoms with Crippen LogP contribution in [0.25, 0.3) is 0 Å². The molecule has 2 aromatic rings. The molecular formula is C23H21F6NO. The molecule has 1 N–H and O–H groups in total. The first-order chi connectivity index (χ1) is 14.5. The van der Waals surface area contributed by atoms with Crippen LogP contribution in [0, 0.1) is 5.41 Å². The predicted molar refractivity (Wildman–Crippen MR) is 102 cm³/mol. The van der Waals surface area contributed by atoms with Crippen molar-refractivity contribution >= 4 is 5.78 Å². The van der Waals surface area contributed by atoms with Crippen LogP contribution in [0.15, 0.2) is 48.5 Å². The summed E-state index contributed by atoms with van der Waals surface area (Å²) < 4.78 is 79.7. The van der Waals surface area contributed by atoms with Gasteiger partial charge in [0, 0.05) is 17.9 Å². The van der Waals surface area contributed by atoms with Crippen LogP contribution < -0.4 is 5.32 Å². The maximum atomic E-state index is 13.3. The highest BCUT2D eigenvalue weighted by Gasteiger charge is 2.53. The lowest BCUT2D eigenvalue weighted by Gasteiger charge is -2.41. The molecule has 2 aromatic carbocycles. The van der Waals surface area contributed by atoms with Crippen LogP contribution in [0.3, 0.4) is 0 Å². The molecule has 1 heterocycles. The van der Waals surface area contributed by atoms with Gasteiger partial charge in [-0.3, -0.25) is 4.79 Å². The number of alkyl halides is 6. The molecule has 0 amide bonds. The van der Waals surface area contributed by atoms with Crippen LogP contribution in [0.1, 0.15) is 59.9 Å². The molecule has 8 heteroatoms. The van der Waals surface area contributed by atoms with Crippen molar-refractivity contribution in [3.05, 3.63) is 70.8 Å². The van der Waals surface area contributed by atoms with Crippen LogP contribution in [0.2, 0.25) is 0 Å². The standard InChI is InChI=1S/C23H21F6NO/c24-22(25,26)17-9-15(10-18(12-17)23(27,28)29)16-11-19(31)21(13-16)7-4-8-30-20(21)14-5-2-1-3-6-14/h1-3,5-6,9-10,12,16,20,30H,4,7-8,11,13H2. The molecule has 0 aromatic heterocycles. The summed E-state index contributed by atoms with van der Waals surface area (Å²) in [5.74, 6) is -0.800. The Labute approximate surface area is 175 Å². The Kier molecular flexibility index (Phi) is 5.40. The zero-order chi connectivity index (χ0) is 22.4. The third-order valence-electron chi connectivity index (χ3n) is 6.51. The lowest BCUT2D eigenvalue weighted by Crippen LogP contribution is -2.45. The topological polar surface area (TPSA) is 29.1 Å². The first-order valence-corrected chi connectivity index (χ1v) is 10.1. The summed E-state index contributed by atoms with van der Waals surface area (Å²) in [5.41, 5.74) is -2.70. The molecular weight excluding hydrogens is 420 g/mol. The number of rotatable bonds is 2.